The molecule has 1 aliphatic rings. The number of rotatable bonds is 4. The van der Waals surface area contributed by atoms with Gasteiger partial charge < -0.3 is 15.0 Å². The van der Waals surface area contributed by atoms with Crippen LogP contribution in [0.3, 0.4) is 0 Å². The number of anilines is 2. The van der Waals surface area contributed by atoms with E-state index in [1.807, 2.05) is 14.1 Å². The molecule has 0 amide bonds. The van der Waals surface area contributed by atoms with E-state index in [-0.39, 0.29) is 22.8 Å². The monoisotopic (exact) mass is 285 g/mol. The van der Waals surface area contributed by atoms with Crippen LogP contribution in [0.2, 0.25) is 5.28 Å². The van der Waals surface area contributed by atoms with E-state index >= 15 is 0 Å². The second-order valence-corrected chi connectivity index (χ2v) is 5.94. The maximum atomic E-state index is 5.91. The first-order valence-corrected chi connectivity index (χ1v) is 6.60. The molecule has 1 aromatic rings. The number of nitrogens with one attached hydrogen (secondary N) is 1. The van der Waals surface area contributed by atoms with Crippen molar-refractivity contribution in [2.75, 3.05) is 31.4 Å². The topological polar surface area (TPSA) is 63.2 Å². The first kappa shape index (κ1) is 14.3. The molecule has 1 aliphatic carbocycles. The fourth-order valence-corrected chi connectivity index (χ4v) is 2.45. The van der Waals surface area contributed by atoms with Crippen molar-refractivity contribution in [3.8, 4) is 0 Å². The van der Waals surface area contributed by atoms with Crippen molar-refractivity contribution in [2.24, 2.45) is 5.41 Å². The summed E-state index contributed by atoms with van der Waals surface area (Å²) in [6, 6.07) is 0.269. The molecule has 1 aromatic heterocycles. The minimum Gasteiger partial charge on any atom is -0.381 e. The van der Waals surface area contributed by atoms with Gasteiger partial charge >= 0.3 is 0 Å². The predicted molar refractivity (Wildman–Crippen MR) is 75.8 cm³/mol. The molecule has 0 bridgehead atoms. The first-order valence-electron chi connectivity index (χ1n) is 6.23. The Labute approximate surface area is 118 Å². The molecule has 19 heavy (non-hydrogen) atoms. The summed E-state index contributed by atoms with van der Waals surface area (Å²) in [6.45, 7) is 4.33. The van der Waals surface area contributed by atoms with E-state index in [1.54, 1.807) is 12.0 Å². The fraction of sp³-hybridized carbons (Fsp3) is 0.750. The lowest BCUT2D eigenvalue weighted by Crippen LogP contribution is -2.57. The molecule has 0 spiro atoms. The smallest absolute Gasteiger partial charge is 0.230 e. The average Bonchev–Trinajstić information content (AvgIpc) is 2.33. The summed E-state index contributed by atoms with van der Waals surface area (Å²) >= 11 is 5.91. The van der Waals surface area contributed by atoms with Crippen molar-refractivity contribution < 1.29 is 4.74 Å². The number of aromatic nitrogens is 3. The SMILES string of the molecule is COC1CC(Nc2nc(Cl)nc(N(C)C)n2)C1(C)C. The zero-order valence-electron chi connectivity index (χ0n) is 11.9. The number of hydrogen-bond acceptors (Lipinski definition) is 6. The van der Waals surface area contributed by atoms with Gasteiger partial charge in [-0.25, -0.2) is 0 Å². The third-order valence-corrected chi connectivity index (χ3v) is 3.93. The molecule has 0 aliphatic heterocycles. The van der Waals surface area contributed by atoms with Crippen LogP contribution in [0.15, 0.2) is 0 Å². The number of hydrogen-bond donors (Lipinski definition) is 1. The second-order valence-electron chi connectivity index (χ2n) is 5.60. The van der Waals surface area contributed by atoms with E-state index in [9.17, 15) is 0 Å². The Morgan fingerprint density at radius 2 is 2.00 bits per heavy atom. The maximum Gasteiger partial charge on any atom is 0.230 e. The van der Waals surface area contributed by atoms with E-state index in [0.717, 1.165) is 6.42 Å². The van der Waals surface area contributed by atoms with Gasteiger partial charge in [0.2, 0.25) is 17.2 Å². The van der Waals surface area contributed by atoms with E-state index < -0.39 is 0 Å². The summed E-state index contributed by atoms with van der Waals surface area (Å²) in [6.07, 6.45) is 1.19. The van der Waals surface area contributed by atoms with Crippen molar-refractivity contribution in [3.63, 3.8) is 0 Å². The minimum atomic E-state index is 0.0478. The van der Waals surface area contributed by atoms with Crippen LogP contribution in [0.4, 0.5) is 11.9 Å². The van der Waals surface area contributed by atoms with Crippen LogP contribution in [0.25, 0.3) is 0 Å². The van der Waals surface area contributed by atoms with Crippen LogP contribution >= 0.6 is 11.6 Å². The third-order valence-electron chi connectivity index (χ3n) is 3.76. The molecule has 0 aromatic carbocycles. The fourth-order valence-electron chi connectivity index (χ4n) is 2.29. The molecule has 2 unspecified atom stereocenters. The molecule has 6 nitrogen and oxygen atoms in total. The zero-order valence-corrected chi connectivity index (χ0v) is 12.7. The summed E-state index contributed by atoms with van der Waals surface area (Å²) in [5.41, 5.74) is 0.0478. The Hall–Kier alpha value is -1.14. The summed E-state index contributed by atoms with van der Waals surface area (Å²) in [4.78, 5) is 14.3. The van der Waals surface area contributed by atoms with E-state index in [4.69, 9.17) is 16.3 Å². The first-order chi connectivity index (χ1) is 8.84. The molecule has 1 saturated carbocycles. The van der Waals surface area contributed by atoms with Gasteiger partial charge in [0, 0.05) is 32.7 Å². The van der Waals surface area contributed by atoms with Gasteiger partial charge in [0.25, 0.3) is 0 Å². The maximum absolute atomic E-state index is 5.91. The van der Waals surface area contributed by atoms with Crippen molar-refractivity contribution in [1.29, 1.82) is 0 Å². The quantitative estimate of drug-likeness (QED) is 0.910. The Bertz CT molecular complexity index is 465. The predicted octanol–water partition coefficient (Wildman–Crippen LogP) is 1.82. The van der Waals surface area contributed by atoms with Gasteiger partial charge in [-0.2, -0.15) is 15.0 Å². The van der Waals surface area contributed by atoms with Crippen LogP contribution in [0.1, 0.15) is 20.3 Å². The lowest BCUT2D eigenvalue weighted by Gasteiger charge is -2.51. The summed E-state index contributed by atoms with van der Waals surface area (Å²) < 4.78 is 5.43. The standard InChI is InChI=1S/C12H20ClN5O/c1-12(2)7(6-8(12)19-5)14-10-15-9(13)16-11(17-10)18(3)4/h7-8H,6H2,1-5H3,(H,14,15,16,17). The molecule has 0 radical (unpaired) electrons. The Kier molecular flexibility index (Phi) is 3.82. The molecule has 2 atom stereocenters. The Balaban J connectivity index is 2.12. The Morgan fingerprint density at radius 1 is 1.32 bits per heavy atom. The normalized spacial score (nSPS) is 24.7. The molecule has 106 valence electrons. The van der Waals surface area contributed by atoms with Crippen molar-refractivity contribution >= 4 is 23.5 Å². The van der Waals surface area contributed by atoms with E-state index in [1.165, 1.54) is 0 Å². The van der Waals surface area contributed by atoms with Crippen molar-refractivity contribution in [3.05, 3.63) is 5.28 Å². The lowest BCUT2D eigenvalue weighted by atomic mass is 9.64. The highest BCUT2D eigenvalue weighted by atomic mass is 35.5. The Morgan fingerprint density at radius 3 is 2.53 bits per heavy atom. The number of ether oxygens (including phenoxy) is 1. The van der Waals surface area contributed by atoms with E-state index in [0.29, 0.717) is 11.9 Å². The van der Waals surface area contributed by atoms with E-state index in [2.05, 4.69) is 34.1 Å². The number of halogens is 1. The lowest BCUT2D eigenvalue weighted by molar-refractivity contribution is -0.0796. The van der Waals surface area contributed by atoms with Gasteiger partial charge in [-0.15, -0.1) is 0 Å². The van der Waals surface area contributed by atoms with Crippen LogP contribution in [0.5, 0.6) is 0 Å². The molecule has 0 saturated heterocycles. The van der Waals surface area contributed by atoms with Gasteiger partial charge in [-0.1, -0.05) is 13.8 Å². The highest BCUT2D eigenvalue weighted by Crippen LogP contribution is 2.43. The third kappa shape index (κ3) is 2.74. The van der Waals surface area contributed by atoms with Crippen LogP contribution < -0.4 is 10.2 Å². The molecular weight excluding hydrogens is 266 g/mol. The molecule has 1 heterocycles. The minimum absolute atomic E-state index is 0.0478. The van der Waals surface area contributed by atoms with Crippen LogP contribution in [0, 0.1) is 5.41 Å². The zero-order chi connectivity index (χ0) is 14.2. The van der Waals surface area contributed by atoms with Gasteiger partial charge in [-0.05, 0) is 18.0 Å². The molecule has 1 N–H and O–H groups in total. The summed E-state index contributed by atoms with van der Waals surface area (Å²) in [7, 11) is 5.47. The van der Waals surface area contributed by atoms with Gasteiger partial charge in [0.15, 0.2) is 0 Å². The molecule has 1 fully saturated rings. The summed E-state index contributed by atoms with van der Waals surface area (Å²) in [5.74, 6) is 1.05. The molecule has 2 rings (SSSR count). The van der Waals surface area contributed by atoms with Gasteiger partial charge in [0.1, 0.15) is 0 Å². The van der Waals surface area contributed by atoms with Crippen LogP contribution in [-0.2, 0) is 4.74 Å². The highest BCUT2D eigenvalue weighted by Gasteiger charge is 2.48. The average molecular weight is 286 g/mol. The van der Waals surface area contributed by atoms with Crippen molar-refractivity contribution in [1.82, 2.24) is 15.0 Å². The largest absolute Gasteiger partial charge is 0.381 e. The molecule has 7 heteroatoms. The van der Waals surface area contributed by atoms with Gasteiger partial charge in [-0.3, -0.25) is 0 Å². The summed E-state index contributed by atoms with van der Waals surface area (Å²) in [5, 5.41) is 3.51. The van der Waals surface area contributed by atoms with Crippen molar-refractivity contribution in [2.45, 2.75) is 32.4 Å². The van der Waals surface area contributed by atoms with Gasteiger partial charge in [0.05, 0.1) is 6.10 Å². The van der Waals surface area contributed by atoms with Crippen LogP contribution in [-0.4, -0.2) is 48.3 Å². The highest BCUT2D eigenvalue weighted by molar-refractivity contribution is 6.28. The second kappa shape index (κ2) is 5.09. The number of nitrogens with zero attached hydrogens (tertiary/aromatic N) is 4. The number of methoxy groups -OCH3 is 1. The molecular formula is C12H20ClN5O.